The molecule has 1 aromatic carbocycles. The molecular formula is C20H31N3O2. The van der Waals surface area contributed by atoms with Crippen LogP contribution in [0.15, 0.2) is 24.3 Å². The molecule has 3 amide bonds. The fraction of sp³-hybridized carbons (Fsp3) is 0.600. The smallest absolute Gasteiger partial charge is 0.319 e. The van der Waals surface area contributed by atoms with E-state index in [1.54, 1.807) is 0 Å². The molecule has 0 unspecified atom stereocenters. The highest BCUT2D eigenvalue weighted by molar-refractivity contribution is 5.89. The first kappa shape index (κ1) is 19.3. The van der Waals surface area contributed by atoms with E-state index in [1.807, 2.05) is 38.1 Å². The average molecular weight is 345 g/mol. The van der Waals surface area contributed by atoms with E-state index in [9.17, 15) is 9.59 Å². The van der Waals surface area contributed by atoms with Crippen LogP contribution >= 0.6 is 0 Å². The topological polar surface area (TPSA) is 70.2 Å². The van der Waals surface area contributed by atoms with Gasteiger partial charge in [0, 0.05) is 24.7 Å². The van der Waals surface area contributed by atoms with Gasteiger partial charge in [-0.3, -0.25) is 4.79 Å². The predicted molar refractivity (Wildman–Crippen MR) is 101 cm³/mol. The Kier molecular flexibility index (Phi) is 7.76. The molecule has 0 aromatic heterocycles. The summed E-state index contributed by atoms with van der Waals surface area (Å²) in [6, 6.07) is 7.44. The van der Waals surface area contributed by atoms with Gasteiger partial charge in [0.25, 0.3) is 0 Å². The minimum Gasteiger partial charge on any atom is -0.352 e. The van der Waals surface area contributed by atoms with E-state index in [1.165, 1.54) is 32.1 Å². The minimum atomic E-state index is -0.209. The van der Waals surface area contributed by atoms with E-state index in [2.05, 4.69) is 16.0 Å². The fourth-order valence-electron chi connectivity index (χ4n) is 3.24. The van der Waals surface area contributed by atoms with E-state index >= 15 is 0 Å². The predicted octanol–water partition coefficient (Wildman–Crippen LogP) is 4.19. The van der Waals surface area contributed by atoms with Gasteiger partial charge in [-0.1, -0.05) is 44.2 Å². The molecule has 0 radical (unpaired) electrons. The quantitative estimate of drug-likeness (QED) is 0.693. The molecule has 1 fully saturated rings. The first-order valence-corrected chi connectivity index (χ1v) is 9.46. The highest BCUT2D eigenvalue weighted by atomic mass is 16.2. The van der Waals surface area contributed by atoms with Crippen LogP contribution < -0.4 is 16.0 Å². The second kappa shape index (κ2) is 10.1. The van der Waals surface area contributed by atoms with Crippen molar-refractivity contribution in [1.82, 2.24) is 10.6 Å². The maximum Gasteiger partial charge on any atom is 0.319 e. The van der Waals surface area contributed by atoms with Crippen molar-refractivity contribution in [1.29, 1.82) is 0 Å². The third-order valence-corrected chi connectivity index (χ3v) is 4.63. The second-order valence-corrected chi connectivity index (χ2v) is 7.27. The SMILES string of the molecule is CC(C)NC(=O)Nc1ccc(CNC(=O)CCC2CCCCC2)cc1. The van der Waals surface area contributed by atoms with Crippen molar-refractivity contribution < 1.29 is 9.59 Å². The third-order valence-electron chi connectivity index (χ3n) is 4.63. The van der Waals surface area contributed by atoms with E-state index in [0.717, 1.165) is 23.6 Å². The summed E-state index contributed by atoms with van der Waals surface area (Å²) in [5, 5.41) is 8.55. The molecule has 138 valence electrons. The molecule has 0 spiro atoms. The lowest BCUT2D eigenvalue weighted by molar-refractivity contribution is -0.121. The molecule has 1 aliphatic rings. The number of urea groups is 1. The molecule has 0 saturated heterocycles. The van der Waals surface area contributed by atoms with Crippen molar-refractivity contribution in [3.63, 3.8) is 0 Å². The van der Waals surface area contributed by atoms with Gasteiger partial charge in [0.05, 0.1) is 0 Å². The van der Waals surface area contributed by atoms with E-state index in [-0.39, 0.29) is 18.0 Å². The molecule has 3 N–H and O–H groups in total. The van der Waals surface area contributed by atoms with Crippen molar-refractivity contribution in [2.45, 2.75) is 71.4 Å². The standard InChI is InChI=1S/C20H31N3O2/c1-15(2)22-20(25)23-18-11-8-17(9-12-18)14-21-19(24)13-10-16-6-4-3-5-7-16/h8-9,11-12,15-16H,3-7,10,13-14H2,1-2H3,(H,21,24)(H2,22,23,25). The van der Waals surface area contributed by atoms with Gasteiger partial charge in [0.2, 0.25) is 5.91 Å². The Labute approximate surface area is 151 Å². The van der Waals surface area contributed by atoms with Crippen molar-refractivity contribution in [3.05, 3.63) is 29.8 Å². The zero-order chi connectivity index (χ0) is 18.1. The summed E-state index contributed by atoms with van der Waals surface area (Å²) in [7, 11) is 0. The number of nitrogens with one attached hydrogen (secondary N) is 3. The Morgan fingerprint density at radius 3 is 2.40 bits per heavy atom. The first-order chi connectivity index (χ1) is 12.0. The van der Waals surface area contributed by atoms with Gasteiger partial charge in [-0.15, -0.1) is 0 Å². The van der Waals surface area contributed by atoms with Crippen LogP contribution in [0.3, 0.4) is 0 Å². The van der Waals surface area contributed by atoms with Gasteiger partial charge in [-0.05, 0) is 43.9 Å². The highest BCUT2D eigenvalue weighted by Crippen LogP contribution is 2.27. The Hall–Kier alpha value is -2.04. The molecule has 1 aliphatic carbocycles. The Morgan fingerprint density at radius 1 is 1.08 bits per heavy atom. The zero-order valence-corrected chi connectivity index (χ0v) is 15.4. The number of anilines is 1. The second-order valence-electron chi connectivity index (χ2n) is 7.27. The molecule has 0 atom stereocenters. The lowest BCUT2D eigenvalue weighted by Gasteiger charge is -2.21. The van der Waals surface area contributed by atoms with Crippen LogP contribution in [0, 0.1) is 5.92 Å². The lowest BCUT2D eigenvalue weighted by atomic mass is 9.86. The van der Waals surface area contributed by atoms with Crippen LogP contribution in [0.2, 0.25) is 0 Å². The molecule has 0 heterocycles. The van der Waals surface area contributed by atoms with Crippen LogP contribution in [-0.2, 0) is 11.3 Å². The summed E-state index contributed by atoms with van der Waals surface area (Å²) in [5.41, 5.74) is 1.77. The summed E-state index contributed by atoms with van der Waals surface area (Å²) in [5.74, 6) is 0.867. The van der Waals surface area contributed by atoms with Crippen LogP contribution in [-0.4, -0.2) is 18.0 Å². The van der Waals surface area contributed by atoms with E-state index < -0.39 is 0 Å². The number of carbonyl (C=O) groups excluding carboxylic acids is 2. The molecule has 0 aliphatic heterocycles. The summed E-state index contributed by atoms with van der Waals surface area (Å²) >= 11 is 0. The number of hydrogen-bond donors (Lipinski definition) is 3. The lowest BCUT2D eigenvalue weighted by Crippen LogP contribution is -2.34. The molecule has 25 heavy (non-hydrogen) atoms. The van der Waals surface area contributed by atoms with Gasteiger partial charge < -0.3 is 16.0 Å². The molecule has 0 bridgehead atoms. The monoisotopic (exact) mass is 345 g/mol. The van der Waals surface area contributed by atoms with Crippen LogP contribution in [0.25, 0.3) is 0 Å². The van der Waals surface area contributed by atoms with Crippen molar-refractivity contribution in [2.24, 2.45) is 5.92 Å². The highest BCUT2D eigenvalue weighted by Gasteiger charge is 2.14. The molecular weight excluding hydrogens is 314 g/mol. The average Bonchev–Trinajstić information content (AvgIpc) is 2.59. The Balaban J connectivity index is 1.68. The third kappa shape index (κ3) is 7.59. The number of rotatable bonds is 7. The molecule has 5 heteroatoms. The summed E-state index contributed by atoms with van der Waals surface area (Å²) < 4.78 is 0. The van der Waals surface area contributed by atoms with E-state index in [0.29, 0.717) is 13.0 Å². The van der Waals surface area contributed by atoms with Gasteiger partial charge in [-0.2, -0.15) is 0 Å². The van der Waals surface area contributed by atoms with Crippen molar-refractivity contribution in [3.8, 4) is 0 Å². The number of benzene rings is 1. The summed E-state index contributed by atoms with van der Waals surface area (Å²) in [4.78, 5) is 23.6. The Morgan fingerprint density at radius 2 is 1.76 bits per heavy atom. The molecule has 2 rings (SSSR count). The van der Waals surface area contributed by atoms with Crippen LogP contribution in [0.1, 0.15) is 64.4 Å². The first-order valence-electron chi connectivity index (χ1n) is 9.46. The normalized spacial score (nSPS) is 15.0. The van der Waals surface area contributed by atoms with Gasteiger partial charge in [0.15, 0.2) is 0 Å². The number of amides is 3. The number of hydrogen-bond acceptors (Lipinski definition) is 2. The maximum absolute atomic E-state index is 12.0. The number of carbonyl (C=O) groups is 2. The zero-order valence-electron chi connectivity index (χ0n) is 15.4. The maximum atomic E-state index is 12.0. The Bertz CT molecular complexity index is 549. The van der Waals surface area contributed by atoms with Crippen LogP contribution in [0.4, 0.5) is 10.5 Å². The largest absolute Gasteiger partial charge is 0.352 e. The van der Waals surface area contributed by atoms with Gasteiger partial charge >= 0.3 is 6.03 Å². The van der Waals surface area contributed by atoms with Gasteiger partial charge in [0.1, 0.15) is 0 Å². The van der Waals surface area contributed by atoms with Crippen LogP contribution in [0.5, 0.6) is 0 Å². The fourth-order valence-corrected chi connectivity index (χ4v) is 3.24. The molecule has 1 aromatic rings. The summed E-state index contributed by atoms with van der Waals surface area (Å²) in [6.07, 6.45) is 8.20. The van der Waals surface area contributed by atoms with Crippen molar-refractivity contribution in [2.75, 3.05) is 5.32 Å². The van der Waals surface area contributed by atoms with E-state index in [4.69, 9.17) is 0 Å². The minimum absolute atomic E-state index is 0.100. The summed E-state index contributed by atoms with van der Waals surface area (Å²) in [6.45, 7) is 4.36. The molecule has 5 nitrogen and oxygen atoms in total. The van der Waals surface area contributed by atoms with Crippen molar-refractivity contribution >= 4 is 17.6 Å². The molecule has 1 saturated carbocycles. The van der Waals surface area contributed by atoms with Gasteiger partial charge in [-0.25, -0.2) is 4.79 Å².